The number of esters is 1. The van der Waals surface area contributed by atoms with Gasteiger partial charge in [-0.1, -0.05) is 0 Å². The zero-order chi connectivity index (χ0) is 17.4. The lowest BCUT2D eigenvalue weighted by Gasteiger charge is -2.03. The topological polar surface area (TPSA) is 97.6 Å². The van der Waals surface area contributed by atoms with Gasteiger partial charge in [-0.05, 0) is 37.6 Å². The molecule has 0 radical (unpaired) electrons. The van der Waals surface area contributed by atoms with Crippen LogP contribution in [0.15, 0.2) is 34.9 Å². The maximum Gasteiger partial charge on any atom is 0.305 e. The standard InChI is InChI=1S/C16H18N2O5S/c1-2-22-14(19)6-3-9-17-16(21)12-7-8-13(24-12)18-15(20)11-5-4-10-23-11/h4-5,7-8,10H,2-3,6,9H2,1H3,(H,17,21)(H,18,20). The number of furan rings is 1. The minimum Gasteiger partial charge on any atom is -0.466 e. The molecule has 2 aromatic heterocycles. The number of anilines is 1. The summed E-state index contributed by atoms with van der Waals surface area (Å²) < 4.78 is 9.81. The number of nitrogens with one attached hydrogen (secondary N) is 2. The molecule has 0 aliphatic carbocycles. The Morgan fingerprint density at radius 3 is 2.75 bits per heavy atom. The molecule has 2 N–H and O–H groups in total. The van der Waals surface area contributed by atoms with E-state index in [1.807, 2.05) is 0 Å². The van der Waals surface area contributed by atoms with Crippen molar-refractivity contribution in [3.05, 3.63) is 41.2 Å². The largest absolute Gasteiger partial charge is 0.466 e. The fraction of sp³-hybridized carbons (Fsp3) is 0.312. The number of hydrogen-bond acceptors (Lipinski definition) is 6. The van der Waals surface area contributed by atoms with Crippen molar-refractivity contribution < 1.29 is 23.5 Å². The van der Waals surface area contributed by atoms with E-state index < -0.39 is 0 Å². The predicted molar refractivity (Wildman–Crippen MR) is 89.2 cm³/mol. The first-order chi connectivity index (χ1) is 11.6. The fourth-order valence-corrected chi connectivity index (χ4v) is 2.68. The highest BCUT2D eigenvalue weighted by atomic mass is 32.1. The predicted octanol–water partition coefficient (Wildman–Crippen LogP) is 2.67. The molecule has 0 spiro atoms. The van der Waals surface area contributed by atoms with Crippen molar-refractivity contribution in [1.82, 2.24) is 5.32 Å². The molecule has 2 aromatic rings. The van der Waals surface area contributed by atoms with Crippen LogP contribution in [0.1, 0.15) is 40.0 Å². The Morgan fingerprint density at radius 1 is 1.21 bits per heavy atom. The summed E-state index contributed by atoms with van der Waals surface area (Å²) in [4.78, 5) is 35.5. The van der Waals surface area contributed by atoms with Gasteiger partial charge >= 0.3 is 5.97 Å². The fourth-order valence-electron chi connectivity index (χ4n) is 1.86. The van der Waals surface area contributed by atoms with Crippen molar-refractivity contribution in [2.24, 2.45) is 0 Å². The van der Waals surface area contributed by atoms with Gasteiger partial charge in [0.1, 0.15) is 0 Å². The Bertz CT molecular complexity index is 693. The van der Waals surface area contributed by atoms with Gasteiger partial charge in [0.2, 0.25) is 0 Å². The summed E-state index contributed by atoms with van der Waals surface area (Å²) in [6.07, 6.45) is 2.19. The van der Waals surface area contributed by atoms with Crippen LogP contribution in [0.25, 0.3) is 0 Å². The molecule has 7 nitrogen and oxygen atoms in total. The molecular weight excluding hydrogens is 332 g/mol. The van der Waals surface area contributed by atoms with E-state index in [9.17, 15) is 14.4 Å². The molecule has 0 saturated heterocycles. The Balaban J connectivity index is 1.76. The second kappa shape index (κ2) is 8.88. The lowest BCUT2D eigenvalue weighted by atomic mass is 10.3. The quantitative estimate of drug-likeness (QED) is 0.563. The van der Waals surface area contributed by atoms with Crippen LogP contribution in [0.4, 0.5) is 5.00 Å². The number of carbonyl (C=O) groups excluding carboxylic acids is 3. The highest BCUT2D eigenvalue weighted by Gasteiger charge is 2.13. The van der Waals surface area contributed by atoms with E-state index in [1.54, 1.807) is 31.2 Å². The second-order valence-corrected chi connectivity index (χ2v) is 5.84. The van der Waals surface area contributed by atoms with Crippen molar-refractivity contribution >= 4 is 34.1 Å². The number of carbonyl (C=O) groups is 3. The second-order valence-electron chi connectivity index (χ2n) is 4.76. The van der Waals surface area contributed by atoms with Gasteiger partial charge in [0, 0.05) is 13.0 Å². The van der Waals surface area contributed by atoms with Crippen molar-refractivity contribution in [3.63, 3.8) is 0 Å². The number of amides is 2. The highest BCUT2D eigenvalue weighted by Crippen LogP contribution is 2.22. The molecule has 0 aliphatic heterocycles. The van der Waals surface area contributed by atoms with E-state index in [1.165, 1.54) is 6.26 Å². The molecule has 0 aromatic carbocycles. The molecule has 24 heavy (non-hydrogen) atoms. The Morgan fingerprint density at radius 2 is 2.04 bits per heavy atom. The van der Waals surface area contributed by atoms with E-state index >= 15 is 0 Å². The SMILES string of the molecule is CCOC(=O)CCCNC(=O)c1ccc(NC(=O)c2ccco2)s1. The summed E-state index contributed by atoms with van der Waals surface area (Å²) in [6.45, 7) is 2.48. The van der Waals surface area contributed by atoms with Gasteiger partial charge in [0.15, 0.2) is 5.76 Å². The van der Waals surface area contributed by atoms with Gasteiger partial charge in [-0.25, -0.2) is 0 Å². The van der Waals surface area contributed by atoms with Crippen LogP contribution in [0.5, 0.6) is 0 Å². The maximum atomic E-state index is 12.0. The van der Waals surface area contributed by atoms with Crippen molar-refractivity contribution in [1.29, 1.82) is 0 Å². The van der Waals surface area contributed by atoms with Gasteiger partial charge < -0.3 is 19.8 Å². The molecule has 0 aliphatic rings. The first-order valence-electron chi connectivity index (χ1n) is 7.48. The third-order valence-electron chi connectivity index (χ3n) is 2.96. The van der Waals surface area contributed by atoms with Crippen LogP contribution >= 0.6 is 11.3 Å². The molecule has 2 rings (SSSR count). The van der Waals surface area contributed by atoms with Crippen molar-refractivity contribution in [3.8, 4) is 0 Å². The molecule has 0 saturated carbocycles. The minimum absolute atomic E-state index is 0.202. The zero-order valence-electron chi connectivity index (χ0n) is 13.2. The van der Waals surface area contributed by atoms with Gasteiger partial charge in [-0.15, -0.1) is 11.3 Å². The first-order valence-corrected chi connectivity index (χ1v) is 8.30. The first kappa shape index (κ1) is 17.7. The number of rotatable bonds is 8. The normalized spacial score (nSPS) is 10.2. The number of ether oxygens (including phenoxy) is 1. The monoisotopic (exact) mass is 350 g/mol. The van der Waals surface area contributed by atoms with Crippen LogP contribution in [0.3, 0.4) is 0 Å². The lowest BCUT2D eigenvalue weighted by molar-refractivity contribution is -0.143. The third kappa shape index (κ3) is 5.24. The van der Waals surface area contributed by atoms with Gasteiger partial charge in [0.05, 0.1) is 22.7 Å². The third-order valence-corrected chi connectivity index (χ3v) is 3.96. The average Bonchev–Trinajstić information content (AvgIpc) is 3.23. The minimum atomic E-state index is -0.372. The van der Waals surface area contributed by atoms with Gasteiger partial charge in [0.25, 0.3) is 11.8 Å². The molecule has 2 heterocycles. The molecule has 0 atom stereocenters. The van der Waals surface area contributed by atoms with Crippen LogP contribution in [0, 0.1) is 0 Å². The van der Waals surface area contributed by atoms with Crippen molar-refractivity contribution in [2.45, 2.75) is 19.8 Å². The smallest absolute Gasteiger partial charge is 0.305 e. The Labute approximate surface area is 143 Å². The molecule has 0 bridgehead atoms. The van der Waals surface area contributed by atoms with E-state index in [0.29, 0.717) is 29.5 Å². The molecule has 0 unspecified atom stereocenters. The summed E-state index contributed by atoms with van der Waals surface area (Å²) in [5, 5.41) is 5.93. The maximum absolute atomic E-state index is 12.0. The van der Waals surface area contributed by atoms with Crippen molar-refractivity contribution in [2.75, 3.05) is 18.5 Å². The van der Waals surface area contributed by atoms with E-state index in [0.717, 1.165) is 11.3 Å². The lowest BCUT2D eigenvalue weighted by Crippen LogP contribution is -2.24. The van der Waals surface area contributed by atoms with Gasteiger partial charge in [-0.3, -0.25) is 14.4 Å². The van der Waals surface area contributed by atoms with Crippen LogP contribution in [-0.2, 0) is 9.53 Å². The van der Waals surface area contributed by atoms with E-state index in [4.69, 9.17) is 9.15 Å². The number of hydrogen-bond donors (Lipinski definition) is 2. The molecule has 0 fully saturated rings. The Kier molecular flexibility index (Phi) is 6.56. The summed E-state index contributed by atoms with van der Waals surface area (Å²) in [6, 6.07) is 6.46. The summed E-state index contributed by atoms with van der Waals surface area (Å²) >= 11 is 1.16. The van der Waals surface area contributed by atoms with Crippen LogP contribution in [0.2, 0.25) is 0 Å². The average molecular weight is 350 g/mol. The summed E-state index contributed by atoms with van der Waals surface area (Å²) in [5.74, 6) is -0.690. The molecule has 2 amide bonds. The molecular formula is C16H18N2O5S. The van der Waals surface area contributed by atoms with E-state index in [-0.39, 0.29) is 30.0 Å². The van der Waals surface area contributed by atoms with E-state index in [2.05, 4.69) is 10.6 Å². The zero-order valence-corrected chi connectivity index (χ0v) is 14.0. The molecule has 8 heteroatoms. The summed E-state index contributed by atoms with van der Waals surface area (Å²) in [7, 11) is 0. The summed E-state index contributed by atoms with van der Waals surface area (Å²) in [5.41, 5.74) is 0. The molecule has 128 valence electrons. The highest BCUT2D eigenvalue weighted by molar-refractivity contribution is 7.18. The van der Waals surface area contributed by atoms with Crippen LogP contribution < -0.4 is 10.6 Å². The van der Waals surface area contributed by atoms with Gasteiger partial charge in [-0.2, -0.15) is 0 Å². The number of thiophene rings is 1. The van der Waals surface area contributed by atoms with Crippen LogP contribution in [-0.4, -0.2) is 30.9 Å². The Hall–Kier alpha value is -2.61.